The SMILES string of the molecule is N#CCCCCCCCC1CC(O)=C(C(=O)CC2CCCCC2)C(=O)O1. The largest absolute Gasteiger partial charge is 0.511 e. The van der Waals surface area contributed by atoms with Gasteiger partial charge in [-0.05, 0) is 25.2 Å². The van der Waals surface area contributed by atoms with Crippen LogP contribution >= 0.6 is 0 Å². The maximum atomic E-state index is 12.4. The van der Waals surface area contributed by atoms with Crippen molar-refractivity contribution in [2.45, 2.75) is 96.0 Å². The number of carbonyl (C=O) groups excluding carboxylic acids is 2. The Morgan fingerprint density at radius 3 is 2.50 bits per heavy atom. The van der Waals surface area contributed by atoms with E-state index in [2.05, 4.69) is 6.07 Å². The molecule has 0 bridgehead atoms. The lowest BCUT2D eigenvalue weighted by molar-refractivity contribution is -0.148. The summed E-state index contributed by atoms with van der Waals surface area (Å²) in [5.41, 5.74) is -0.108. The van der Waals surface area contributed by atoms with Crippen molar-refractivity contribution in [3.8, 4) is 6.07 Å². The molecule has 2 aliphatic rings. The molecule has 0 aromatic rings. The van der Waals surface area contributed by atoms with Gasteiger partial charge in [0.15, 0.2) is 5.78 Å². The van der Waals surface area contributed by atoms with Crippen molar-refractivity contribution < 1.29 is 19.4 Å². The molecule has 0 aromatic heterocycles. The van der Waals surface area contributed by atoms with E-state index >= 15 is 0 Å². The molecule has 144 valence electrons. The molecule has 5 heteroatoms. The molecule has 0 saturated heterocycles. The van der Waals surface area contributed by atoms with Gasteiger partial charge in [0.2, 0.25) is 0 Å². The zero-order chi connectivity index (χ0) is 18.8. The normalized spacial score (nSPS) is 21.3. The number of carbonyl (C=O) groups is 2. The van der Waals surface area contributed by atoms with E-state index in [1.807, 2.05) is 0 Å². The van der Waals surface area contributed by atoms with Crippen molar-refractivity contribution in [1.82, 2.24) is 0 Å². The summed E-state index contributed by atoms with van der Waals surface area (Å²) in [5, 5.41) is 18.7. The summed E-state index contributed by atoms with van der Waals surface area (Å²) < 4.78 is 5.40. The van der Waals surface area contributed by atoms with Gasteiger partial charge in [0.1, 0.15) is 17.4 Å². The van der Waals surface area contributed by atoms with Crippen LogP contribution in [0.5, 0.6) is 0 Å². The number of aliphatic hydroxyl groups is 1. The minimum atomic E-state index is -0.645. The molecule has 1 atom stereocenters. The Hall–Kier alpha value is -1.83. The second-order valence-electron chi connectivity index (χ2n) is 7.65. The molecule has 0 spiro atoms. The monoisotopic (exact) mass is 361 g/mol. The van der Waals surface area contributed by atoms with Gasteiger partial charge in [-0.1, -0.05) is 51.4 Å². The van der Waals surface area contributed by atoms with E-state index in [1.165, 1.54) is 6.42 Å². The highest BCUT2D eigenvalue weighted by Gasteiger charge is 2.34. The number of esters is 1. The van der Waals surface area contributed by atoms with E-state index in [9.17, 15) is 14.7 Å². The number of cyclic esters (lactones) is 1. The summed E-state index contributed by atoms with van der Waals surface area (Å²) in [6.07, 6.45) is 12.2. The van der Waals surface area contributed by atoms with Crippen LogP contribution in [-0.4, -0.2) is 23.0 Å². The average molecular weight is 361 g/mol. The lowest BCUT2D eigenvalue weighted by Gasteiger charge is -2.25. The predicted octanol–water partition coefficient (Wildman–Crippen LogP) is 4.91. The highest BCUT2D eigenvalue weighted by atomic mass is 16.5. The van der Waals surface area contributed by atoms with Crippen LogP contribution < -0.4 is 0 Å². The van der Waals surface area contributed by atoms with Crippen molar-refractivity contribution in [1.29, 1.82) is 5.26 Å². The minimum Gasteiger partial charge on any atom is -0.511 e. The maximum absolute atomic E-state index is 12.4. The Kier molecular flexibility index (Phi) is 8.67. The van der Waals surface area contributed by atoms with E-state index in [-0.39, 0.29) is 29.6 Å². The van der Waals surface area contributed by atoms with Crippen LogP contribution in [0.25, 0.3) is 0 Å². The van der Waals surface area contributed by atoms with Crippen molar-refractivity contribution >= 4 is 11.8 Å². The van der Waals surface area contributed by atoms with Gasteiger partial charge in [-0.3, -0.25) is 4.79 Å². The Morgan fingerprint density at radius 1 is 1.12 bits per heavy atom. The van der Waals surface area contributed by atoms with E-state index in [1.54, 1.807) is 0 Å². The smallest absolute Gasteiger partial charge is 0.345 e. The summed E-state index contributed by atoms with van der Waals surface area (Å²) in [6.45, 7) is 0. The number of nitriles is 1. The fraction of sp³-hybridized carbons (Fsp3) is 0.762. The molecule has 0 radical (unpaired) electrons. The van der Waals surface area contributed by atoms with Crippen molar-refractivity contribution in [3.05, 3.63) is 11.3 Å². The van der Waals surface area contributed by atoms with Crippen molar-refractivity contribution in [2.75, 3.05) is 0 Å². The van der Waals surface area contributed by atoms with Crippen LogP contribution in [0.15, 0.2) is 11.3 Å². The Balaban J connectivity index is 1.75. The highest BCUT2D eigenvalue weighted by Crippen LogP contribution is 2.30. The average Bonchev–Trinajstić information content (AvgIpc) is 2.61. The lowest BCUT2D eigenvalue weighted by atomic mass is 9.84. The Bertz CT molecular complexity index is 555. The molecule has 5 nitrogen and oxygen atoms in total. The molecule has 2 rings (SSSR count). The van der Waals surface area contributed by atoms with Crippen molar-refractivity contribution in [3.63, 3.8) is 0 Å². The van der Waals surface area contributed by atoms with E-state index < -0.39 is 5.97 Å². The number of hydrogen-bond donors (Lipinski definition) is 1. The summed E-state index contributed by atoms with van der Waals surface area (Å²) in [7, 11) is 0. The summed E-state index contributed by atoms with van der Waals surface area (Å²) in [6, 6.07) is 2.14. The van der Waals surface area contributed by atoms with Crippen LogP contribution in [0.3, 0.4) is 0 Å². The van der Waals surface area contributed by atoms with Gasteiger partial charge in [-0.2, -0.15) is 5.26 Å². The first kappa shape index (κ1) is 20.5. The second kappa shape index (κ2) is 11.0. The van der Waals surface area contributed by atoms with Crippen LogP contribution in [0.1, 0.15) is 89.9 Å². The molecule has 1 fully saturated rings. The number of Topliss-reactive ketones (excluding diaryl/α,β-unsaturated/α-hetero) is 1. The molecule has 1 saturated carbocycles. The standard InChI is InChI=1S/C21H31NO4/c22-13-9-4-2-1-3-8-12-17-15-19(24)20(21(25)26-17)18(23)14-16-10-6-5-7-11-16/h16-17,24H,1-12,14-15H2. The van der Waals surface area contributed by atoms with E-state index in [0.717, 1.165) is 57.8 Å². The molecule has 1 aliphatic heterocycles. The molecule has 0 amide bonds. The first-order valence-electron chi connectivity index (χ1n) is 10.1. The lowest BCUT2D eigenvalue weighted by Crippen LogP contribution is -2.31. The van der Waals surface area contributed by atoms with Crippen LogP contribution in [-0.2, 0) is 14.3 Å². The van der Waals surface area contributed by atoms with Gasteiger partial charge < -0.3 is 9.84 Å². The topological polar surface area (TPSA) is 87.4 Å². The highest BCUT2D eigenvalue weighted by molar-refractivity contribution is 6.18. The molecule has 26 heavy (non-hydrogen) atoms. The molecule has 1 heterocycles. The molecular weight excluding hydrogens is 330 g/mol. The number of aliphatic hydroxyl groups excluding tert-OH is 1. The molecule has 0 aromatic carbocycles. The Labute approximate surface area is 156 Å². The van der Waals surface area contributed by atoms with Gasteiger partial charge in [0, 0.05) is 19.3 Å². The second-order valence-corrected chi connectivity index (χ2v) is 7.65. The molecule has 1 N–H and O–H groups in total. The number of hydrogen-bond acceptors (Lipinski definition) is 5. The molecular formula is C21H31NO4. The third-order valence-corrected chi connectivity index (χ3v) is 5.48. The summed E-state index contributed by atoms with van der Waals surface area (Å²) in [5.74, 6) is -0.645. The minimum absolute atomic E-state index is 0.0823. The number of unbranched alkanes of at least 4 members (excludes halogenated alkanes) is 5. The number of ether oxygens (including phenoxy) is 1. The fourth-order valence-corrected chi connectivity index (χ4v) is 3.99. The van der Waals surface area contributed by atoms with E-state index in [4.69, 9.17) is 10.00 Å². The molecule has 1 aliphatic carbocycles. The van der Waals surface area contributed by atoms with Crippen molar-refractivity contribution in [2.24, 2.45) is 5.92 Å². The quantitative estimate of drug-likeness (QED) is 0.339. The Morgan fingerprint density at radius 2 is 1.81 bits per heavy atom. The van der Waals surface area contributed by atoms with Gasteiger partial charge in [-0.25, -0.2) is 4.79 Å². The predicted molar refractivity (Wildman–Crippen MR) is 98.3 cm³/mol. The maximum Gasteiger partial charge on any atom is 0.345 e. The first-order valence-corrected chi connectivity index (χ1v) is 10.1. The number of nitrogens with zero attached hydrogens (tertiary/aromatic N) is 1. The number of rotatable bonds is 10. The van der Waals surface area contributed by atoms with Crippen LogP contribution in [0, 0.1) is 17.2 Å². The third-order valence-electron chi connectivity index (χ3n) is 5.48. The van der Waals surface area contributed by atoms with E-state index in [0.29, 0.717) is 25.2 Å². The third kappa shape index (κ3) is 6.48. The number of ketones is 1. The summed E-state index contributed by atoms with van der Waals surface area (Å²) in [4.78, 5) is 24.7. The zero-order valence-corrected chi connectivity index (χ0v) is 15.7. The van der Waals surface area contributed by atoms with Gasteiger partial charge in [0.05, 0.1) is 6.07 Å². The summed E-state index contributed by atoms with van der Waals surface area (Å²) >= 11 is 0. The molecule has 1 unspecified atom stereocenters. The first-order chi connectivity index (χ1) is 12.6. The van der Waals surface area contributed by atoms with Gasteiger partial charge in [-0.15, -0.1) is 0 Å². The van der Waals surface area contributed by atoms with Crippen LogP contribution in [0.4, 0.5) is 0 Å². The van der Waals surface area contributed by atoms with Gasteiger partial charge >= 0.3 is 5.97 Å². The zero-order valence-electron chi connectivity index (χ0n) is 15.7. The van der Waals surface area contributed by atoms with Gasteiger partial charge in [0.25, 0.3) is 0 Å². The van der Waals surface area contributed by atoms with Crippen LogP contribution in [0.2, 0.25) is 0 Å². The fourth-order valence-electron chi connectivity index (χ4n) is 3.99.